The molecule has 0 aliphatic rings. The molecule has 20 heavy (non-hydrogen) atoms. The summed E-state index contributed by atoms with van der Waals surface area (Å²) >= 11 is 0. The van der Waals surface area contributed by atoms with Gasteiger partial charge in [-0.2, -0.15) is 0 Å². The van der Waals surface area contributed by atoms with Crippen LogP contribution in [0.15, 0.2) is 47.4 Å². The predicted molar refractivity (Wildman–Crippen MR) is 76.8 cm³/mol. The summed E-state index contributed by atoms with van der Waals surface area (Å²) in [6.07, 6.45) is 0. The summed E-state index contributed by atoms with van der Waals surface area (Å²) in [5.41, 5.74) is 6.71. The number of benzene rings is 2. The lowest BCUT2D eigenvalue weighted by Crippen LogP contribution is -2.18. The van der Waals surface area contributed by atoms with Crippen LogP contribution in [0.4, 0.5) is 21.5 Å². The first-order valence-corrected chi connectivity index (χ1v) is 7.27. The number of hydrogen-bond acceptors (Lipinski definition) is 4. The van der Waals surface area contributed by atoms with Crippen LogP contribution in [-0.4, -0.2) is 15.5 Å². The van der Waals surface area contributed by atoms with Gasteiger partial charge in [0.15, 0.2) is 0 Å². The zero-order valence-corrected chi connectivity index (χ0v) is 11.5. The minimum absolute atomic E-state index is 0.0524. The lowest BCUT2D eigenvalue weighted by Gasteiger charge is -2.11. The second-order valence-electron chi connectivity index (χ2n) is 4.06. The van der Waals surface area contributed by atoms with E-state index in [1.54, 1.807) is 18.2 Å². The van der Waals surface area contributed by atoms with Crippen LogP contribution in [0.5, 0.6) is 0 Å². The Morgan fingerprint density at radius 2 is 1.80 bits per heavy atom. The maximum atomic E-state index is 13.5. The number of anilines is 3. The summed E-state index contributed by atoms with van der Waals surface area (Å²) < 4.78 is 39.0. The predicted octanol–water partition coefficient (Wildman–Crippen LogP) is 2.06. The first-order valence-electron chi connectivity index (χ1n) is 5.78. The quantitative estimate of drug-likeness (QED) is 0.754. The molecule has 2 aromatic carbocycles. The Hall–Kier alpha value is -2.12. The monoisotopic (exact) mass is 295 g/mol. The molecule has 5 nitrogen and oxygen atoms in total. The molecule has 0 saturated heterocycles. The van der Waals surface area contributed by atoms with Crippen molar-refractivity contribution in [2.45, 2.75) is 4.90 Å². The summed E-state index contributed by atoms with van der Waals surface area (Å²) in [5, 5.41) is 2.82. The molecule has 0 aliphatic carbocycles. The molecule has 0 spiro atoms. The molecule has 0 atom stereocenters. The van der Waals surface area contributed by atoms with Gasteiger partial charge in [-0.05, 0) is 37.4 Å². The van der Waals surface area contributed by atoms with Crippen LogP contribution in [0.25, 0.3) is 0 Å². The number of rotatable bonds is 4. The number of hydrogen-bond donors (Lipinski definition) is 3. The van der Waals surface area contributed by atoms with E-state index in [-0.39, 0.29) is 16.3 Å². The third-order valence-electron chi connectivity index (χ3n) is 2.75. The van der Waals surface area contributed by atoms with Crippen LogP contribution >= 0.6 is 0 Å². The van der Waals surface area contributed by atoms with E-state index in [1.807, 2.05) is 0 Å². The third-order valence-corrected chi connectivity index (χ3v) is 4.16. The molecule has 2 aromatic rings. The van der Waals surface area contributed by atoms with Gasteiger partial charge in [-0.25, -0.2) is 17.5 Å². The SMILES string of the molecule is CNS(=O)(=O)c1ccc(Nc2ccccc2F)c(N)c1. The van der Waals surface area contributed by atoms with Gasteiger partial charge in [0.2, 0.25) is 10.0 Å². The molecular weight excluding hydrogens is 281 g/mol. The van der Waals surface area contributed by atoms with Crippen molar-refractivity contribution in [2.24, 2.45) is 0 Å². The van der Waals surface area contributed by atoms with E-state index < -0.39 is 15.8 Å². The molecule has 0 aromatic heterocycles. The highest BCUT2D eigenvalue weighted by atomic mass is 32.2. The van der Waals surface area contributed by atoms with E-state index in [4.69, 9.17) is 5.73 Å². The molecule has 0 fully saturated rings. The maximum absolute atomic E-state index is 13.5. The number of halogens is 1. The first kappa shape index (κ1) is 14.3. The van der Waals surface area contributed by atoms with Crippen molar-refractivity contribution in [1.29, 1.82) is 0 Å². The Balaban J connectivity index is 2.34. The Kier molecular flexibility index (Phi) is 3.91. The molecule has 0 aliphatic heterocycles. The first-order chi connectivity index (χ1) is 9.44. The zero-order valence-electron chi connectivity index (χ0n) is 10.7. The van der Waals surface area contributed by atoms with Crippen molar-refractivity contribution in [3.8, 4) is 0 Å². The zero-order chi connectivity index (χ0) is 14.8. The molecule has 0 saturated carbocycles. The largest absolute Gasteiger partial charge is 0.397 e. The van der Waals surface area contributed by atoms with E-state index in [0.29, 0.717) is 5.69 Å². The van der Waals surface area contributed by atoms with Gasteiger partial charge in [-0.15, -0.1) is 0 Å². The molecule has 0 bridgehead atoms. The molecule has 0 heterocycles. The molecule has 2 rings (SSSR count). The lowest BCUT2D eigenvalue weighted by atomic mass is 10.2. The fourth-order valence-corrected chi connectivity index (χ4v) is 2.41. The van der Waals surface area contributed by atoms with E-state index in [1.165, 1.54) is 31.3 Å². The Bertz CT molecular complexity index is 732. The van der Waals surface area contributed by atoms with Crippen molar-refractivity contribution < 1.29 is 12.8 Å². The van der Waals surface area contributed by atoms with Gasteiger partial charge >= 0.3 is 0 Å². The van der Waals surface area contributed by atoms with Crippen LogP contribution in [0.1, 0.15) is 0 Å². The summed E-state index contributed by atoms with van der Waals surface area (Å²) in [5.74, 6) is -0.418. The second-order valence-corrected chi connectivity index (χ2v) is 5.95. The highest BCUT2D eigenvalue weighted by molar-refractivity contribution is 7.89. The van der Waals surface area contributed by atoms with Crippen molar-refractivity contribution in [1.82, 2.24) is 4.72 Å². The summed E-state index contributed by atoms with van der Waals surface area (Å²) in [7, 11) is -2.23. The smallest absolute Gasteiger partial charge is 0.240 e. The summed E-state index contributed by atoms with van der Waals surface area (Å²) in [4.78, 5) is 0.0524. The molecule has 4 N–H and O–H groups in total. The fraction of sp³-hybridized carbons (Fsp3) is 0.0769. The number of nitrogens with two attached hydrogens (primary N) is 1. The van der Waals surface area contributed by atoms with Gasteiger partial charge in [0, 0.05) is 0 Å². The van der Waals surface area contributed by atoms with E-state index in [0.717, 1.165) is 0 Å². The minimum atomic E-state index is -3.55. The lowest BCUT2D eigenvalue weighted by molar-refractivity contribution is 0.588. The molecule has 106 valence electrons. The van der Waals surface area contributed by atoms with Gasteiger partial charge in [0.05, 0.1) is 22.0 Å². The van der Waals surface area contributed by atoms with Gasteiger partial charge in [0.25, 0.3) is 0 Å². The van der Waals surface area contributed by atoms with Crippen molar-refractivity contribution in [3.63, 3.8) is 0 Å². The summed E-state index contributed by atoms with van der Waals surface area (Å²) in [6, 6.07) is 10.3. The van der Waals surface area contributed by atoms with Gasteiger partial charge in [-0.3, -0.25) is 0 Å². The van der Waals surface area contributed by atoms with Crippen LogP contribution in [0, 0.1) is 5.82 Å². The van der Waals surface area contributed by atoms with Gasteiger partial charge in [0.1, 0.15) is 5.82 Å². The minimum Gasteiger partial charge on any atom is -0.397 e. The maximum Gasteiger partial charge on any atom is 0.240 e. The van der Waals surface area contributed by atoms with E-state index >= 15 is 0 Å². The normalized spacial score (nSPS) is 11.3. The average Bonchev–Trinajstić information content (AvgIpc) is 2.43. The Morgan fingerprint density at radius 3 is 2.40 bits per heavy atom. The van der Waals surface area contributed by atoms with Gasteiger partial charge in [-0.1, -0.05) is 12.1 Å². The Labute approximate surface area is 116 Å². The molecule has 7 heteroatoms. The Morgan fingerprint density at radius 1 is 1.10 bits per heavy atom. The number of para-hydroxylation sites is 1. The van der Waals surface area contributed by atoms with Crippen molar-refractivity contribution in [3.05, 3.63) is 48.3 Å². The fourth-order valence-electron chi connectivity index (χ4n) is 1.65. The number of nitrogen functional groups attached to an aromatic ring is 1. The highest BCUT2D eigenvalue weighted by Crippen LogP contribution is 2.27. The van der Waals surface area contributed by atoms with Crippen LogP contribution in [0.2, 0.25) is 0 Å². The number of sulfonamides is 1. The number of nitrogens with one attached hydrogen (secondary N) is 2. The molecule has 0 amide bonds. The molecular formula is C13H14FN3O2S. The van der Waals surface area contributed by atoms with Crippen molar-refractivity contribution >= 4 is 27.1 Å². The standard InChI is InChI=1S/C13H14FN3O2S/c1-16-20(18,19)9-6-7-13(11(15)8-9)17-12-5-3-2-4-10(12)14/h2-8,16-17H,15H2,1H3. The van der Waals surface area contributed by atoms with E-state index in [2.05, 4.69) is 10.0 Å². The summed E-state index contributed by atoms with van der Waals surface area (Å²) in [6.45, 7) is 0. The third kappa shape index (κ3) is 2.89. The van der Waals surface area contributed by atoms with E-state index in [9.17, 15) is 12.8 Å². The van der Waals surface area contributed by atoms with Gasteiger partial charge < -0.3 is 11.1 Å². The average molecular weight is 295 g/mol. The van der Waals surface area contributed by atoms with Crippen LogP contribution in [-0.2, 0) is 10.0 Å². The second kappa shape index (κ2) is 5.48. The van der Waals surface area contributed by atoms with Crippen LogP contribution < -0.4 is 15.8 Å². The highest BCUT2D eigenvalue weighted by Gasteiger charge is 2.13. The van der Waals surface area contributed by atoms with Crippen molar-refractivity contribution in [2.75, 3.05) is 18.1 Å². The molecule has 0 radical (unpaired) electrons. The molecule has 0 unspecified atom stereocenters. The topological polar surface area (TPSA) is 84.2 Å². The van der Waals surface area contributed by atoms with Crippen LogP contribution in [0.3, 0.4) is 0 Å².